The Hall–Kier alpha value is -1.60. The fourth-order valence-corrected chi connectivity index (χ4v) is 1.72. The summed E-state index contributed by atoms with van der Waals surface area (Å²) in [6, 6.07) is 0. The highest BCUT2D eigenvalue weighted by atomic mass is 16.6. The maximum absolute atomic E-state index is 11.9. The third kappa shape index (κ3) is 2.99. The maximum Gasteiger partial charge on any atom is 0.274 e. The molecular formula is C11H18N4O3. The lowest BCUT2D eigenvalue weighted by molar-refractivity contribution is -0.0855. The minimum absolute atomic E-state index is 0.0998. The number of ether oxygens (including phenoxy) is 2. The summed E-state index contributed by atoms with van der Waals surface area (Å²) >= 11 is 0. The third-order valence-electron chi connectivity index (χ3n) is 2.70. The predicted molar refractivity (Wildman–Crippen MR) is 65.2 cm³/mol. The number of amides is 1. The van der Waals surface area contributed by atoms with Crippen molar-refractivity contribution in [3.8, 4) is 0 Å². The van der Waals surface area contributed by atoms with Crippen LogP contribution in [0.2, 0.25) is 0 Å². The molecule has 18 heavy (non-hydrogen) atoms. The van der Waals surface area contributed by atoms with Crippen molar-refractivity contribution in [2.75, 3.05) is 32.1 Å². The van der Waals surface area contributed by atoms with Crippen LogP contribution in [0.4, 0.5) is 5.69 Å². The number of nitrogens with one attached hydrogen (secondary N) is 1. The number of rotatable bonds is 4. The van der Waals surface area contributed by atoms with Crippen molar-refractivity contribution >= 4 is 11.6 Å². The predicted octanol–water partition coefficient (Wildman–Crippen LogP) is -0.370. The fourth-order valence-electron chi connectivity index (χ4n) is 1.72. The van der Waals surface area contributed by atoms with Gasteiger partial charge in [-0.3, -0.25) is 9.48 Å². The highest BCUT2D eigenvalue weighted by molar-refractivity contribution is 5.96. The molecule has 1 aromatic heterocycles. The molecule has 1 unspecified atom stereocenters. The second kappa shape index (κ2) is 5.83. The number of aromatic nitrogens is 2. The number of nitrogen functional groups attached to an aromatic ring is 1. The Labute approximate surface area is 105 Å². The van der Waals surface area contributed by atoms with Crippen molar-refractivity contribution in [3.05, 3.63) is 11.9 Å². The van der Waals surface area contributed by atoms with Gasteiger partial charge in [0.15, 0.2) is 5.69 Å². The molecule has 1 atom stereocenters. The summed E-state index contributed by atoms with van der Waals surface area (Å²) in [7, 11) is 0. The zero-order valence-corrected chi connectivity index (χ0v) is 10.4. The van der Waals surface area contributed by atoms with Crippen LogP contribution < -0.4 is 11.1 Å². The minimum Gasteiger partial charge on any atom is -0.396 e. The molecule has 7 nitrogen and oxygen atoms in total. The van der Waals surface area contributed by atoms with Crippen LogP contribution in [0.3, 0.4) is 0 Å². The molecule has 3 N–H and O–H groups in total. The number of hydrogen-bond acceptors (Lipinski definition) is 5. The van der Waals surface area contributed by atoms with E-state index in [2.05, 4.69) is 10.4 Å². The summed E-state index contributed by atoms with van der Waals surface area (Å²) in [5, 5.41) is 6.85. The second-order valence-electron chi connectivity index (χ2n) is 4.07. The summed E-state index contributed by atoms with van der Waals surface area (Å²) in [5.74, 6) is -0.283. The number of nitrogens with two attached hydrogens (primary N) is 1. The lowest BCUT2D eigenvalue weighted by Gasteiger charge is -2.22. The Morgan fingerprint density at radius 1 is 1.67 bits per heavy atom. The molecule has 0 aliphatic carbocycles. The highest BCUT2D eigenvalue weighted by Gasteiger charge is 2.18. The zero-order chi connectivity index (χ0) is 13.0. The molecule has 7 heteroatoms. The van der Waals surface area contributed by atoms with Gasteiger partial charge in [-0.1, -0.05) is 0 Å². The van der Waals surface area contributed by atoms with Crippen LogP contribution in [0, 0.1) is 0 Å². The SMILES string of the molecule is CCn1cc(N)c(C(=O)NCC2COCCO2)n1. The van der Waals surface area contributed by atoms with Crippen molar-refractivity contribution in [2.45, 2.75) is 19.6 Å². The van der Waals surface area contributed by atoms with E-state index in [0.717, 1.165) is 0 Å². The number of anilines is 1. The first-order chi connectivity index (χ1) is 8.70. The number of hydrogen-bond donors (Lipinski definition) is 2. The molecule has 1 fully saturated rings. The molecule has 1 aliphatic heterocycles. The van der Waals surface area contributed by atoms with Gasteiger partial charge in [0.25, 0.3) is 5.91 Å². The monoisotopic (exact) mass is 254 g/mol. The van der Waals surface area contributed by atoms with Gasteiger partial charge < -0.3 is 20.5 Å². The summed E-state index contributed by atoms with van der Waals surface area (Å²) in [4.78, 5) is 11.9. The minimum atomic E-state index is -0.283. The average Bonchev–Trinajstić information content (AvgIpc) is 2.78. The van der Waals surface area contributed by atoms with Crippen LogP contribution in [0.25, 0.3) is 0 Å². The van der Waals surface area contributed by atoms with Gasteiger partial charge in [-0.15, -0.1) is 0 Å². The fraction of sp³-hybridized carbons (Fsp3) is 0.636. The van der Waals surface area contributed by atoms with Gasteiger partial charge in [-0.25, -0.2) is 0 Å². The molecule has 0 saturated carbocycles. The number of aryl methyl sites for hydroxylation is 1. The van der Waals surface area contributed by atoms with Gasteiger partial charge in [0.1, 0.15) is 0 Å². The first-order valence-corrected chi connectivity index (χ1v) is 6.01. The maximum atomic E-state index is 11.9. The first kappa shape index (κ1) is 12.8. The molecular weight excluding hydrogens is 236 g/mol. The van der Waals surface area contributed by atoms with E-state index >= 15 is 0 Å². The Bertz CT molecular complexity index is 412. The topological polar surface area (TPSA) is 91.4 Å². The van der Waals surface area contributed by atoms with Gasteiger partial charge in [0, 0.05) is 19.3 Å². The Kier molecular flexibility index (Phi) is 4.16. The molecule has 0 aromatic carbocycles. The summed E-state index contributed by atoms with van der Waals surface area (Å²) in [5.41, 5.74) is 6.37. The quantitative estimate of drug-likeness (QED) is 0.765. The van der Waals surface area contributed by atoms with Crippen LogP contribution in [-0.4, -0.2) is 48.2 Å². The van der Waals surface area contributed by atoms with Gasteiger partial charge in [0.2, 0.25) is 0 Å². The van der Waals surface area contributed by atoms with Crippen molar-refractivity contribution in [3.63, 3.8) is 0 Å². The summed E-state index contributed by atoms with van der Waals surface area (Å²) < 4.78 is 12.3. The van der Waals surface area contributed by atoms with E-state index in [1.165, 1.54) is 0 Å². The van der Waals surface area contributed by atoms with Crippen LogP contribution in [0.5, 0.6) is 0 Å². The van der Waals surface area contributed by atoms with E-state index in [1.807, 2.05) is 6.92 Å². The largest absolute Gasteiger partial charge is 0.396 e. The molecule has 0 bridgehead atoms. The standard InChI is InChI=1S/C11H18N4O3/c1-2-15-6-9(12)10(14-15)11(16)13-5-8-7-17-3-4-18-8/h6,8H,2-5,7,12H2,1H3,(H,13,16). The zero-order valence-electron chi connectivity index (χ0n) is 10.4. The number of nitrogens with zero attached hydrogens (tertiary/aromatic N) is 2. The highest BCUT2D eigenvalue weighted by Crippen LogP contribution is 2.09. The van der Waals surface area contributed by atoms with Gasteiger partial charge in [0.05, 0.1) is 31.6 Å². The van der Waals surface area contributed by atoms with E-state index in [-0.39, 0.29) is 17.7 Å². The van der Waals surface area contributed by atoms with Crippen LogP contribution >= 0.6 is 0 Å². The van der Waals surface area contributed by atoms with Gasteiger partial charge in [-0.05, 0) is 6.92 Å². The Morgan fingerprint density at radius 3 is 3.11 bits per heavy atom. The van der Waals surface area contributed by atoms with Gasteiger partial charge >= 0.3 is 0 Å². The molecule has 1 aromatic rings. The molecule has 0 radical (unpaired) electrons. The van der Waals surface area contributed by atoms with E-state index < -0.39 is 0 Å². The van der Waals surface area contributed by atoms with Crippen molar-refractivity contribution in [2.24, 2.45) is 0 Å². The number of carbonyl (C=O) groups is 1. The molecule has 100 valence electrons. The van der Waals surface area contributed by atoms with Crippen LogP contribution in [-0.2, 0) is 16.0 Å². The van der Waals surface area contributed by atoms with Gasteiger partial charge in [-0.2, -0.15) is 5.10 Å². The van der Waals surface area contributed by atoms with Crippen molar-refractivity contribution in [1.82, 2.24) is 15.1 Å². The second-order valence-corrected chi connectivity index (χ2v) is 4.07. The Balaban J connectivity index is 1.88. The van der Waals surface area contributed by atoms with Crippen LogP contribution in [0.1, 0.15) is 17.4 Å². The molecule has 1 aliphatic rings. The van der Waals surface area contributed by atoms with E-state index in [9.17, 15) is 4.79 Å². The van der Waals surface area contributed by atoms with Crippen molar-refractivity contribution in [1.29, 1.82) is 0 Å². The van der Waals surface area contributed by atoms with E-state index in [0.29, 0.717) is 38.6 Å². The lowest BCUT2D eigenvalue weighted by atomic mass is 10.3. The summed E-state index contributed by atoms with van der Waals surface area (Å²) in [6.45, 7) is 4.68. The summed E-state index contributed by atoms with van der Waals surface area (Å²) in [6.07, 6.45) is 1.55. The molecule has 2 rings (SSSR count). The number of carbonyl (C=O) groups excluding carboxylic acids is 1. The smallest absolute Gasteiger partial charge is 0.274 e. The molecule has 1 saturated heterocycles. The molecule has 2 heterocycles. The lowest BCUT2D eigenvalue weighted by Crippen LogP contribution is -2.40. The average molecular weight is 254 g/mol. The van der Waals surface area contributed by atoms with E-state index in [4.69, 9.17) is 15.2 Å². The van der Waals surface area contributed by atoms with E-state index in [1.54, 1.807) is 10.9 Å². The third-order valence-corrected chi connectivity index (χ3v) is 2.70. The van der Waals surface area contributed by atoms with Crippen molar-refractivity contribution < 1.29 is 14.3 Å². The molecule has 1 amide bonds. The van der Waals surface area contributed by atoms with Crippen LogP contribution in [0.15, 0.2) is 6.20 Å². The first-order valence-electron chi connectivity index (χ1n) is 6.01. The Morgan fingerprint density at radius 2 is 2.50 bits per heavy atom. The normalized spacial score (nSPS) is 19.7. The molecule has 0 spiro atoms.